The Bertz CT molecular complexity index is 679. The molecule has 1 aromatic heterocycles. The number of aliphatic hydroxyl groups is 4. The summed E-state index contributed by atoms with van der Waals surface area (Å²) in [7, 11) is 0. The number of ether oxygens (including phenoxy) is 2. The maximum Gasteiger partial charge on any atom is 0.229 e. The summed E-state index contributed by atoms with van der Waals surface area (Å²) in [4.78, 5) is 4.26. The molecule has 5 atom stereocenters. The van der Waals surface area contributed by atoms with Crippen molar-refractivity contribution in [3.63, 3.8) is 0 Å². The van der Waals surface area contributed by atoms with Crippen LogP contribution in [0, 0.1) is 0 Å². The van der Waals surface area contributed by atoms with E-state index in [2.05, 4.69) is 20.9 Å². The van der Waals surface area contributed by atoms with Crippen LogP contribution in [-0.4, -0.2) is 62.7 Å². The Morgan fingerprint density at radius 2 is 1.83 bits per heavy atom. The van der Waals surface area contributed by atoms with Gasteiger partial charge in [0.05, 0.1) is 16.6 Å². The van der Waals surface area contributed by atoms with Crippen LogP contribution in [0.15, 0.2) is 34.2 Å². The van der Waals surface area contributed by atoms with E-state index in [9.17, 15) is 20.4 Å². The number of aliphatic hydroxyl groups excluding tert-OH is 4. The van der Waals surface area contributed by atoms with Gasteiger partial charge in [-0.15, -0.1) is 11.3 Å². The summed E-state index contributed by atoms with van der Waals surface area (Å²) in [5, 5.41) is 39.5. The van der Waals surface area contributed by atoms with Crippen molar-refractivity contribution in [3.05, 3.63) is 34.2 Å². The van der Waals surface area contributed by atoms with Crippen LogP contribution >= 0.6 is 27.3 Å². The Hall–Kier alpha value is -1.07. The molecule has 1 aliphatic heterocycles. The first kappa shape index (κ1) is 17.7. The second-order valence-corrected chi connectivity index (χ2v) is 7.72. The van der Waals surface area contributed by atoms with Gasteiger partial charge in [-0.1, -0.05) is 0 Å². The number of rotatable bonds is 4. The summed E-state index contributed by atoms with van der Waals surface area (Å²) in [6.45, 7) is -0.497. The highest BCUT2D eigenvalue weighted by atomic mass is 79.9. The molecule has 2 aromatic rings. The molecule has 4 N–H and O–H groups in total. The van der Waals surface area contributed by atoms with Gasteiger partial charge in [0.2, 0.25) is 6.29 Å². The predicted molar refractivity (Wildman–Crippen MR) is 89.6 cm³/mol. The van der Waals surface area contributed by atoms with Crippen LogP contribution < -0.4 is 4.74 Å². The molecule has 9 heteroatoms. The average Bonchev–Trinajstić information content (AvgIpc) is 3.02. The summed E-state index contributed by atoms with van der Waals surface area (Å²) in [6, 6.07) is 6.99. The Morgan fingerprint density at radius 1 is 1.12 bits per heavy atom. The molecule has 0 spiro atoms. The van der Waals surface area contributed by atoms with E-state index in [1.807, 2.05) is 12.1 Å². The maximum atomic E-state index is 9.96. The van der Waals surface area contributed by atoms with Gasteiger partial charge in [0, 0.05) is 5.56 Å². The fourth-order valence-electron chi connectivity index (χ4n) is 2.36. The molecule has 24 heavy (non-hydrogen) atoms. The molecule has 0 aliphatic carbocycles. The third-order valence-corrected chi connectivity index (χ3v) is 5.20. The Labute approximate surface area is 150 Å². The van der Waals surface area contributed by atoms with Crippen LogP contribution in [-0.2, 0) is 4.74 Å². The van der Waals surface area contributed by atoms with Crippen LogP contribution in [0.25, 0.3) is 10.6 Å². The summed E-state index contributed by atoms with van der Waals surface area (Å²) in [5.74, 6) is 0.415. The minimum Gasteiger partial charge on any atom is -0.462 e. The number of halogens is 1. The zero-order valence-corrected chi connectivity index (χ0v) is 14.7. The summed E-state index contributed by atoms with van der Waals surface area (Å²) >= 11 is 4.86. The monoisotopic (exact) mass is 417 g/mol. The van der Waals surface area contributed by atoms with Crippen molar-refractivity contribution in [2.75, 3.05) is 6.61 Å². The second-order valence-electron chi connectivity index (χ2n) is 5.31. The number of nitrogens with zero attached hydrogens (tertiary/aromatic N) is 1. The van der Waals surface area contributed by atoms with Gasteiger partial charge in [0.15, 0.2) is 0 Å². The highest BCUT2D eigenvalue weighted by Crippen LogP contribution is 2.30. The molecule has 130 valence electrons. The fraction of sp³-hybridized carbons (Fsp3) is 0.400. The normalized spacial score (nSPS) is 30.3. The first-order valence-corrected chi connectivity index (χ1v) is 8.79. The molecule has 0 radical (unpaired) electrons. The molecule has 1 aromatic carbocycles. The van der Waals surface area contributed by atoms with E-state index >= 15 is 0 Å². The lowest BCUT2D eigenvalue weighted by Crippen LogP contribution is -2.60. The van der Waals surface area contributed by atoms with Crippen molar-refractivity contribution in [2.24, 2.45) is 0 Å². The number of aromatic nitrogens is 1. The Balaban J connectivity index is 1.71. The van der Waals surface area contributed by atoms with Crippen molar-refractivity contribution >= 4 is 27.3 Å². The van der Waals surface area contributed by atoms with Crippen molar-refractivity contribution in [1.82, 2.24) is 4.98 Å². The highest BCUT2D eigenvalue weighted by molar-refractivity contribution is 9.11. The summed E-state index contributed by atoms with van der Waals surface area (Å²) < 4.78 is 11.8. The lowest BCUT2D eigenvalue weighted by atomic mass is 9.99. The molecular formula is C15H16BrNO6S. The molecule has 0 unspecified atom stereocenters. The topological polar surface area (TPSA) is 112 Å². The van der Waals surface area contributed by atoms with E-state index < -0.39 is 37.3 Å². The quantitative estimate of drug-likeness (QED) is 0.580. The van der Waals surface area contributed by atoms with Crippen molar-refractivity contribution in [3.8, 4) is 16.3 Å². The average molecular weight is 418 g/mol. The lowest BCUT2D eigenvalue weighted by Gasteiger charge is -2.39. The molecule has 0 bridgehead atoms. The first-order chi connectivity index (χ1) is 11.5. The standard InChI is InChI=1S/C15H16BrNO6S/c16-10-5-17-14(24-10)7-1-3-8(4-2-7)22-15-13(21)12(20)11(19)9(6-18)23-15/h1-5,9,11-13,15,18-21H,6H2/t9-,11-,12+,13-,15-/m1/s1. The lowest BCUT2D eigenvalue weighted by molar-refractivity contribution is -0.277. The minimum atomic E-state index is -1.46. The van der Waals surface area contributed by atoms with E-state index in [-0.39, 0.29) is 0 Å². The second kappa shape index (κ2) is 7.44. The molecule has 1 fully saturated rings. The number of thiazole rings is 1. The van der Waals surface area contributed by atoms with Crippen LogP contribution in [0.5, 0.6) is 5.75 Å². The number of hydrogen-bond donors (Lipinski definition) is 4. The van der Waals surface area contributed by atoms with Gasteiger partial charge in [-0.25, -0.2) is 4.98 Å². The predicted octanol–water partition coefficient (Wildman–Crippen LogP) is 0.751. The smallest absolute Gasteiger partial charge is 0.229 e. The largest absolute Gasteiger partial charge is 0.462 e. The van der Waals surface area contributed by atoms with Crippen LogP contribution in [0.3, 0.4) is 0 Å². The van der Waals surface area contributed by atoms with Crippen LogP contribution in [0.1, 0.15) is 0 Å². The molecule has 0 amide bonds. The molecule has 1 aliphatic rings. The van der Waals surface area contributed by atoms with Crippen molar-refractivity contribution < 1.29 is 29.9 Å². The molecular weight excluding hydrogens is 402 g/mol. The van der Waals surface area contributed by atoms with Gasteiger partial charge in [-0.2, -0.15) is 0 Å². The van der Waals surface area contributed by atoms with Gasteiger partial charge < -0.3 is 29.9 Å². The van der Waals surface area contributed by atoms with E-state index in [1.165, 1.54) is 11.3 Å². The maximum absolute atomic E-state index is 9.96. The van der Waals surface area contributed by atoms with E-state index in [1.54, 1.807) is 18.3 Å². The zero-order valence-electron chi connectivity index (χ0n) is 12.3. The molecule has 7 nitrogen and oxygen atoms in total. The van der Waals surface area contributed by atoms with Gasteiger partial charge in [-0.05, 0) is 40.2 Å². The van der Waals surface area contributed by atoms with E-state index in [0.717, 1.165) is 14.4 Å². The van der Waals surface area contributed by atoms with Crippen molar-refractivity contribution in [2.45, 2.75) is 30.7 Å². The molecule has 2 heterocycles. The Kier molecular flexibility index (Phi) is 5.50. The third-order valence-electron chi connectivity index (χ3n) is 3.68. The summed E-state index contributed by atoms with van der Waals surface area (Å²) in [6.07, 6.45) is -4.78. The number of benzene rings is 1. The van der Waals surface area contributed by atoms with Crippen LogP contribution in [0.4, 0.5) is 0 Å². The first-order valence-electron chi connectivity index (χ1n) is 7.18. The third kappa shape index (κ3) is 3.62. The summed E-state index contributed by atoms with van der Waals surface area (Å²) in [5.41, 5.74) is 0.909. The van der Waals surface area contributed by atoms with Gasteiger partial charge >= 0.3 is 0 Å². The van der Waals surface area contributed by atoms with Gasteiger partial charge in [-0.3, -0.25) is 0 Å². The van der Waals surface area contributed by atoms with Gasteiger partial charge in [0.25, 0.3) is 0 Å². The van der Waals surface area contributed by atoms with Crippen LogP contribution in [0.2, 0.25) is 0 Å². The molecule has 3 rings (SSSR count). The van der Waals surface area contributed by atoms with E-state index in [4.69, 9.17) is 9.47 Å². The fourth-order valence-corrected chi connectivity index (χ4v) is 3.57. The molecule has 0 saturated carbocycles. The molecule has 1 saturated heterocycles. The number of hydrogen-bond acceptors (Lipinski definition) is 8. The highest BCUT2D eigenvalue weighted by Gasteiger charge is 2.44. The Morgan fingerprint density at radius 3 is 2.42 bits per heavy atom. The SMILES string of the molecule is OC[C@H]1O[C@@H](Oc2ccc(-c3ncc(Br)s3)cc2)[C@H](O)[C@@H](O)[C@@H]1O. The van der Waals surface area contributed by atoms with E-state index in [0.29, 0.717) is 5.75 Å². The van der Waals surface area contributed by atoms with Gasteiger partial charge in [0.1, 0.15) is 35.2 Å². The zero-order chi connectivity index (χ0) is 17.3. The minimum absolute atomic E-state index is 0.415. The van der Waals surface area contributed by atoms with Crippen molar-refractivity contribution in [1.29, 1.82) is 0 Å².